The van der Waals surface area contributed by atoms with Gasteiger partial charge in [-0.25, -0.2) is 4.79 Å². The van der Waals surface area contributed by atoms with Crippen molar-refractivity contribution in [3.8, 4) is 10.6 Å². The van der Waals surface area contributed by atoms with Gasteiger partial charge in [-0.15, -0.1) is 22.0 Å². The van der Waals surface area contributed by atoms with Crippen LogP contribution in [-0.2, 0) is 5.75 Å². The Labute approximate surface area is 200 Å². The molecule has 8 heteroatoms. The van der Waals surface area contributed by atoms with E-state index in [-0.39, 0.29) is 6.03 Å². The predicted octanol–water partition coefficient (Wildman–Crippen LogP) is 7.41. The third-order valence-electron chi connectivity index (χ3n) is 4.84. The van der Waals surface area contributed by atoms with Crippen molar-refractivity contribution in [1.82, 2.24) is 10.2 Å². The molecular weight excluding hydrogens is 460 g/mol. The van der Waals surface area contributed by atoms with Crippen LogP contribution in [0.2, 0.25) is 5.02 Å². The lowest BCUT2D eigenvalue weighted by Crippen LogP contribution is -2.19. The minimum absolute atomic E-state index is 0.346. The number of rotatable bonds is 6. The van der Waals surface area contributed by atoms with Crippen LogP contribution < -0.4 is 10.6 Å². The second-order valence-corrected chi connectivity index (χ2v) is 9.63. The first kappa shape index (κ1) is 22.3. The number of hydrogen-bond donors (Lipinski definition) is 2. The second-order valence-electron chi connectivity index (χ2n) is 7.20. The fourth-order valence-electron chi connectivity index (χ4n) is 2.97. The molecule has 3 aromatic carbocycles. The molecule has 0 aliphatic rings. The van der Waals surface area contributed by atoms with Crippen molar-refractivity contribution in [2.45, 2.75) is 24.5 Å². The molecule has 5 nitrogen and oxygen atoms in total. The Balaban J connectivity index is 1.43. The average molecular weight is 481 g/mol. The monoisotopic (exact) mass is 480 g/mol. The molecule has 0 saturated carbocycles. The topological polar surface area (TPSA) is 66.9 Å². The van der Waals surface area contributed by atoms with E-state index < -0.39 is 0 Å². The highest BCUT2D eigenvalue weighted by molar-refractivity contribution is 7.98. The van der Waals surface area contributed by atoms with Gasteiger partial charge in [0.15, 0.2) is 5.01 Å². The van der Waals surface area contributed by atoms with Crippen LogP contribution in [0.15, 0.2) is 71.6 Å². The summed E-state index contributed by atoms with van der Waals surface area (Å²) in [5.74, 6) is 0.816. The Morgan fingerprint density at radius 3 is 2.53 bits per heavy atom. The molecule has 1 heterocycles. The number of aryl methyl sites for hydroxylation is 2. The maximum atomic E-state index is 12.4. The maximum Gasteiger partial charge on any atom is 0.325 e. The van der Waals surface area contributed by atoms with Crippen LogP contribution in [0.4, 0.5) is 15.6 Å². The summed E-state index contributed by atoms with van der Waals surface area (Å²) in [5, 5.41) is 16.0. The molecule has 0 unspecified atom stereocenters. The van der Waals surface area contributed by atoms with Gasteiger partial charge in [0, 0.05) is 26.9 Å². The second kappa shape index (κ2) is 10.2. The molecule has 32 heavy (non-hydrogen) atoms. The Hall–Kier alpha value is -2.87. The van der Waals surface area contributed by atoms with E-state index in [0.29, 0.717) is 5.13 Å². The van der Waals surface area contributed by atoms with Gasteiger partial charge >= 0.3 is 6.03 Å². The lowest BCUT2D eigenvalue weighted by atomic mass is 10.1. The number of hydrogen-bond acceptors (Lipinski definition) is 5. The van der Waals surface area contributed by atoms with Crippen molar-refractivity contribution in [2.24, 2.45) is 0 Å². The average Bonchev–Trinajstić information content (AvgIpc) is 3.24. The van der Waals surface area contributed by atoms with E-state index in [1.807, 2.05) is 74.5 Å². The minimum atomic E-state index is -0.346. The lowest BCUT2D eigenvalue weighted by Gasteiger charge is -2.07. The number of halogens is 1. The molecule has 0 spiro atoms. The van der Waals surface area contributed by atoms with E-state index in [4.69, 9.17) is 11.6 Å². The number of nitrogens with zero attached hydrogens (tertiary/aromatic N) is 2. The SMILES string of the molecule is Cc1ccc(NC(=O)Nc2nnc(-c3ccccc3SCc3ccc(Cl)cc3)s2)cc1C. The van der Waals surface area contributed by atoms with Crippen molar-refractivity contribution < 1.29 is 4.79 Å². The minimum Gasteiger partial charge on any atom is -0.308 e. The molecule has 4 aromatic rings. The van der Waals surface area contributed by atoms with Gasteiger partial charge < -0.3 is 5.32 Å². The van der Waals surface area contributed by atoms with Gasteiger partial charge in [0.25, 0.3) is 0 Å². The number of carbonyl (C=O) groups is 1. The molecule has 0 saturated heterocycles. The molecule has 0 aliphatic heterocycles. The molecule has 1 aromatic heterocycles. The van der Waals surface area contributed by atoms with Crippen LogP contribution in [0.3, 0.4) is 0 Å². The summed E-state index contributed by atoms with van der Waals surface area (Å²) in [5.41, 5.74) is 5.22. The Morgan fingerprint density at radius 2 is 1.75 bits per heavy atom. The number of thioether (sulfide) groups is 1. The van der Waals surface area contributed by atoms with Crippen molar-refractivity contribution >= 4 is 51.5 Å². The molecule has 0 bridgehead atoms. The van der Waals surface area contributed by atoms with Crippen molar-refractivity contribution in [3.05, 3.63) is 88.4 Å². The first-order valence-corrected chi connectivity index (χ1v) is 12.1. The number of benzene rings is 3. The number of anilines is 2. The Bertz CT molecular complexity index is 1240. The molecule has 0 radical (unpaired) electrons. The zero-order chi connectivity index (χ0) is 22.5. The smallest absolute Gasteiger partial charge is 0.308 e. The quantitative estimate of drug-likeness (QED) is 0.282. The van der Waals surface area contributed by atoms with Gasteiger partial charge in [0.1, 0.15) is 0 Å². The molecular formula is C24H21ClN4OS2. The highest BCUT2D eigenvalue weighted by Crippen LogP contribution is 2.35. The van der Waals surface area contributed by atoms with Crippen LogP contribution >= 0.6 is 34.7 Å². The van der Waals surface area contributed by atoms with Gasteiger partial charge in [-0.1, -0.05) is 59.3 Å². The third kappa shape index (κ3) is 5.68. The van der Waals surface area contributed by atoms with Crippen molar-refractivity contribution in [3.63, 3.8) is 0 Å². The molecule has 4 rings (SSSR count). The fraction of sp³-hybridized carbons (Fsp3) is 0.125. The van der Waals surface area contributed by atoms with E-state index in [9.17, 15) is 4.79 Å². The largest absolute Gasteiger partial charge is 0.325 e. The van der Waals surface area contributed by atoms with Gasteiger partial charge in [-0.2, -0.15) is 0 Å². The van der Waals surface area contributed by atoms with Gasteiger partial charge in [0.2, 0.25) is 5.13 Å². The fourth-order valence-corrected chi connectivity index (χ4v) is 4.95. The van der Waals surface area contributed by atoms with Gasteiger partial charge in [0.05, 0.1) is 0 Å². The molecule has 0 atom stereocenters. The van der Waals surface area contributed by atoms with Gasteiger partial charge in [-0.05, 0) is 60.9 Å². The number of urea groups is 1. The van der Waals surface area contributed by atoms with Gasteiger partial charge in [-0.3, -0.25) is 5.32 Å². The Morgan fingerprint density at radius 1 is 0.969 bits per heavy atom. The van der Waals surface area contributed by atoms with E-state index in [1.165, 1.54) is 22.5 Å². The molecule has 162 valence electrons. The predicted molar refractivity (Wildman–Crippen MR) is 135 cm³/mol. The van der Waals surface area contributed by atoms with Crippen LogP contribution in [0, 0.1) is 13.8 Å². The lowest BCUT2D eigenvalue weighted by molar-refractivity contribution is 0.262. The summed E-state index contributed by atoms with van der Waals surface area (Å²) in [7, 11) is 0. The van der Waals surface area contributed by atoms with Crippen LogP contribution in [-0.4, -0.2) is 16.2 Å². The summed E-state index contributed by atoms with van der Waals surface area (Å²) >= 11 is 9.04. The molecule has 0 aliphatic carbocycles. The standard InChI is InChI=1S/C24H21ClN4OS2/c1-15-7-12-19(13-16(15)2)26-23(30)27-24-29-28-22(32-24)20-5-3-4-6-21(20)31-14-17-8-10-18(25)11-9-17/h3-13H,14H2,1-2H3,(H2,26,27,29,30). The first-order chi connectivity index (χ1) is 15.5. The summed E-state index contributed by atoms with van der Waals surface area (Å²) < 4.78 is 0. The van der Waals surface area contributed by atoms with E-state index in [1.54, 1.807) is 11.8 Å². The summed E-state index contributed by atoms with van der Waals surface area (Å²) in [6.45, 7) is 4.05. The normalized spacial score (nSPS) is 10.7. The zero-order valence-corrected chi connectivity index (χ0v) is 19.9. The Kier molecular flexibility index (Phi) is 7.09. The summed E-state index contributed by atoms with van der Waals surface area (Å²) in [4.78, 5) is 13.5. The van der Waals surface area contributed by atoms with Crippen LogP contribution in [0.5, 0.6) is 0 Å². The van der Waals surface area contributed by atoms with E-state index >= 15 is 0 Å². The number of aromatic nitrogens is 2. The number of amides is 2. The third-order valence-corrected chi connectivity index (χ3v) is 7.10. The zero-order valence-electron chi connectivity index (χ0n) is 17.6. The van der Waals surface area contributed by atoms with Crippen LogP contribution in [0.1, 0.15) is 16.7 Å². The number of nitrogens with one attached hydrogen (secondary N) is 2. The van der Waals surface area contributed by atoms with Crippen LogP contribution in [0.25, 0.3) is 10.6 Å². The van der Waals surface area contributed by atoms with Crippen molar-refractivity contribution in [2.75, 3.05) is 10.6 Å². The molecule has 2 amide bonds. The highest BCUT2D eigenvalue weighted by atomic mass is 35.5. The maximum absolute atomic E-state index is 12.4. The molecule has 0 fully saturated rings. The summed E-state index contributed by atoms with van der Waals surface area (Å²) in [6, 6.07) is 21.4. The first-order valence-electron chi connectivity index (χ1n) is 9.93. The molecule has 2 N–H and O–H groups in total. The van der Waals surface area contributed by atoms with E-state index in [2.05, 4.69) is 26.9 Å². The van der Waals surface area contributed by atoms with E-state index in [0.717, 1.165) is 37.5 Å². The highest BCUT2D eigenvalue weighted by Gasteiger charge is 2.13. The summed E-state index contributed by atoms with van der Waals surface area (Å²) in [6.07, 6.45) is 0. The number of carbonyl (C=O) groups excluding carboxylic acids is 1. The van der Waals surface area contributed by atoms with Crippen molar-refractivity contribution in [1.29, 1.82) is 0 Å².